The van der Waals surface area contributed by atoms with Gasteiger partial charge in [0.15, 0.2) is 0 Å². The van der Waals surface area contributed by atoms with Crippen molar-refractivity contribution in [1.29, 1.82) is 0 Å². The Morgan fingerprint density at radius 2 is 1.76 bits per heavy atom. The first-order chi connectivity index (χ1) is 7.56. The number of carbonyl (C=O) groups excluding carboxylic acids is 2. The fourth-order valence-electron chi connectivity index (χ4n) is 1.41. The highest BCUT2D eigenvalue weighted by molar-refractivity contribution is 5.68. The highest BCUT2D eigenvalue weighted by Gasteiger charge is 2.27. The van der Waals surface area contributed by atoms with Crippen LogP contribution in [0.3, 0.4) is 0 Å². The lowest BCUT2D eigenvalue weighted by molar-refractivity contribution is -0.108. The maximum Gasteiger partial charge on any atom is 0.407 e. The molecule has 0 saturated heterocycles. The molecule has 1 atom stereocenters. The van der Waals surface area contributed by atoms with E-state index < -0.39 is 11.7 Å². The van der Waals surface area contributed by atoms with Crippen molar-refractivity contribution in [3.8, 4) is 0 Å². The lowest BCUT2D eigenvalue weighted by Crippen LogP contribution is -2.45. The van der Waals surface area contributed by atoms with Gasteiger partial charge in [-0.1, -0.05) is 20.8 Å². The predicted octanol–water partition coefficient (Wildman–Crippen LogP) is 2.90. The van der Waals surface area contributed by atoms with Crippen molar-refractivity contribution in [2.75, 3.05) is 0 Å². The molecule has 1 unspecified atom stereocenters. The second kappa shape index (κ2) is 6.03. The average Bonchev–Trinajstić information content (AvgIpc) is 2.07. The molecule has 0 bridgehead atoms. The largest absolute Gasteiger partial charge is 0.444 e. The molecule has 0 aromatic rings. The molecule has 0 heterocycles. The van der Waals surface area contributed by atoms with Crippen molar-refractivity contribution in [1.82, 2.24) is 5.32 Å². The first-order valence-electron chi connectivity index (χ1n) is 5.99. The SMILES string of the molecule is CC(C)(C)OC(=O)NC(CCC=O)C(C)(C)C. The van der Waals surface area contributed by atoms with E-state index >= 15 is 0 Å². The fourth-order valence-corrected chi connectivity index (χ4v) is 1.41. The molecule has 100 valence electrons. The van der Waals surface area contributed by atoms with Crippen LogP contribution in [0.1, 0.15) is 54.4 Å². The van der Waals surface area contributed by atoms with Crippen LogP contribution in [-0.4, -0.2) is 24.0 Å². The molecule has 0 aliphatic carbocycles. The number of nitrogens with one attached hydrogen (secondary N) is 1. The summed E-state index contributed by atoms with van der Waals surface area (Å²) >= 11 is 0. The normalized spacial score (nSPS) is 14.0. The molecule has 0 fully saturated rings. The van der Waals surface area contributed by atoms with Gasteiger partial charge in [-0.3, -0.25) is 0 Å². The highest BCUT2D eigenvalue weighted by Crippen LogP contribution is 2.23. The van der Waals surface area contributed by atoms with Crippen LogP contribution in [0.25, 0.3) is 0 Å². The monoisotopic (exact) mass is 243 g/mol. The van der Waals surface area contributed by atoms with E-state index in [-0.39, 0.29) is 11.5 Å². The Labute approximate surface area is 104 Å². The molecule has 0 spiro atoms. The minimum Gasteiger partial charge on any atom is -0.444 e. The van der Waals surface area contributed by atoms with Gasteiger partial charge in [-0.25, -0.2) is 4.79 Å². The first kappa shape index (κ1) is 15.9. The van der Waals surface area contributed by atoms with Crippen molar-refractivity contribution in [3.05, 3.63) is 0 Å². The smallest absolute Gasteiger partial charge is 0.407 e. The van der Waals surface area contributed by atoms with E-state index in [1.54, 1.807) is 0 Å². The summed E-state index contributed by atoms with van der Waals surface area (Å²) in [6, 6.07) is -0.0671. The van der Waals surface area contributed by atoms with Crippen LogP contribution >= 0.6 is 0 Å². The zero-order chi connectivity index (χ0) is 13.7. The van der Waals surface area contributed by atoms with Crippen LogP contribution in [0.5, 0.6) is 0 Å². The molecule has 17 heavy (non-hydrogen) atoms. The Hall–Kier alpha value is -1.06. The van der Waals surface area contributed by atoms with Gasteiger partial charge in [-0.15, -0.1) is 0 Å². The van der Waals surface area contributed by atoms with Gasteiger partial charge in [-0.05, 0) is 32.6 Å². The van der Waals surface area contributed by atoms with Gasteiger partial charge in [0.2, 0.25) is 0 Å². The summed E-state index contributed by atoms with van der Waals surface area (Å²) in [4.78, 5) is 22.1. The Kier molecular flexibility index (Phi) is 5.66. The van der Waals surface area contributed by atoms with Crippen molar-refractivity contribution < 1.29 is 14.3 Å². The minimum atomic E-state index is -0.503. The lowest BCUT2D eigenvalue weighted by Gasteiger charge is -2.32. The van der Waals surface area contributed by atoms with Gasteiger partial charge >= 0.3 is 6.09 Å². The second-order valence-corrected chi connectivity index (χ2v) is 6.31. The third-order valence-corrected chi connectivity index (χ3v) is 2.31. The summed E-state index contributed by atoms with van der Waals surface area (Å²) in [7, 11) is 0. The predicted molar refractivity (Wildman–Crippen MR) is 67.9 cm³/mol. The number of amides is 1. The Morgan fingerprint density at radius 3 is 2.12 bits per heavy atom. The van der Waals surface area contributed by atoms with E-state index in [0.29, 0.717) is 12.8 Å². The van der Waals surface area contributed by atoms with Crippen molar-refractivity contribution in [3.63, 3.8) is 0 Å². The van der Waals surface area contributed by atoms with E-state index in [4.69, 9.17) is 4.74 Å². The minimum absolute atomic E-state index is 0.0671. The van der Waals surface area contributed by atoms with Crippen molar-refractivity contribution in [2.24, 2.45) is 5.41 Å². The van der Waals surface area contributed by atoms with Crippen LogP contribution < -0.4 is 5.32 Å². The number of aldehydes is 1. The zero-order valence-electron chi connectivity index (χ0n) is 11.8. The molecule has 1 N–H and O–H groups in total. The maximum atomic E-state index is 11.7. The van der Waals surface area contributed by atoms with Gasteiger partial charge in [-0.2, -0.15) is 0 Å². The summed E-state index contributed by atoms with van der Waals surface area (Å²) in [6.07, 6.45) is 1.52. The third-order valence-electron chi connectivity index (χ3n) is 2.31. The number of rotatable bonds is 4. The van der Waals surface area contributed by atoms with E-state index in [9.17, 15) is 9.59 Å². The zero-order valence-corrected chi connectivity index (χ0v) is 11.8. The molecule has 4 nitrogen and oxygen atoms in total. The number of hydrogen-bond donors (Lipinski definition) is 1. The molecule has 0 aromatic heterocycles. The van der Waals surface area contributed by atoms with Crippen LogP contribution in [-0.2, 0) is 9.53 Å². The fraction of sp³-hybridized carbons (Fsp3) is 0.846. The summed E-state index contributed by atoms with van der Waals surface area (Å²) in [5, 5.41) is 2.83. The van der Waals surface area contributed by atoms with E-state index in [1.807, 2.05) is 41.5 Å². The van der Waals surface area contributed by atoms with Gasteiger partial charge < -0.3 is 14.8 Å². The molecule has 0 aliphatic heterocycles. The summed E-state index contributed by atoms with van der Waals surface area (Å²) < 4.78 is 5.20. The van der Waals surface area contributed by atoms with Crippen LogP contribution in [0, 0.1) is 5.41 Å². The second-order valence-electron chi connectivity index (χ2n) is 6.31. The molecule has 1 amide bonds. The number of alkyl carbamates (subject to hydrolysis) is 1. The van der Waals surface area contributed by atoms with E-state index in [1.165, 1.54) is 0 Å². The molecular weight excluding hydrogens is 218 g/mol. The summed E-state index contributed by atoms with van der Waals surface area (Å²) in [5.74, 6) is 0. The molecular formula is C13H25NO3. The number of carbonyl (C=O) groups is 2. The highest BCUT2D eigenvalue weighted by atomic mass is 16.6. The number of ether oxygens (including phenoxy) is 1. The number of hydrogen-bond acceptors (Lipinski definition) is 3. The molecule has 0 saturated carbocycles. The maximum absolute atomic E-state index is 11.7. The van der Waals surface area contributed by atoms with Crippen LogP contribution in [0.4, 0.5) is 4.79 Å². The van der Waals surface area contributed by atoms with Gasteiger partial charge in [0, 0.05) is 12.5 Å². The quantitative estimate of drug-likeness (QED) is 0.772. The van der Waals surface area contributed by atoms with Crippen molar-refractivity contribution >= 4 is 12.4 Å². The van der Waals surface area contributed by atoms with Crippen LogP contribution in [0.15, 0.2) is 0 Å². The standard InChI is InChI=1S/C13H25NO3/c1-12(2,3)10(8-7-9-15)14-11(16)17-13(4,5)6/h9-10H,7-8H2,1-6H3,(H,14,16). The average molecular weight is 243 g/mol. The third kappa shape index (κ3) is 7.77. The Bertz CT molecular complexity index is 261. The van der Waals surface area contributed by atoms with Crippen LogP contribution in [0.2, 0.25) is 0 Å². The molecule has 4 heteroatoms. The Balaban J connectivity index is 4.43. The van der Waals surface area contributed by atoms with E-state index in [2.05, 4.69) is 5.32 Å². The lowest BCUT2D eigenvalue weighted by atomic mass is 9.84. The van der Waals surface area contributed by atoms with Gasteiger partial charge in [0.1, 0.15) is 11.9 Å². The molecule has 0 radical (unpaired) electrons. The molecule has 0 aliphatic rings. The topological polar surface area (TPSA) is 55.4 Å². The van der Waals surface area contributed by atoms with Gasteiger partial charge in [0.05, 0.1) is 0 Å². The first-order valence-corrected chi connectivity index (χ1v) is 5.99. The Morgan fingerprint density at radius 1 is 1.24 bits per heavy atom. The molecule has 0 rings (SSSR count). The summed E-state index contributed by atoms with van der Waals surface area (Å²) in [5.41, 5.74) is -0.600. The van der Waals surface area contributed by atoms with E-state index in [0.717, 1.165) is 6.29 Å². The van der Waals surface area contributed by atoms with Gasteiger partial charge in [0.25, 0.3) is 0 Å². The van der Waals surface area contributed by atoms with Crippen molar-refractivity contribution in [2.45, 2.75) is 66.0 Å². The summed E-state index contributed by atoms with van der Waals surface area (Å²) in [6.45, 7) is 11.6. The molecule has 0 aromatic carbocycles.